The summed E-state index contributed by atoms with van der Waals surface area (Å²) in [5.74, 6) is 0.874. The maximum Gasteiger partial charge on any atom is 0.127 e. The van der Waals surface area contributed by atoms with Crippen LogP contribution in [0.3, 0.4) is 0 Å². The van der Waals surface area contributed by atoms with Gasteiger partial charge in [0.1, 0.15) is 11.9 Å². The predicted molar refractivity (Wildman–Crippen MR) is 72.0 cm³/mol. The monoisotopic (exact) mass is 252 g/mol. The summed E-state index contributed by atoms with van der Waals surface area (Å²) in [6, 6.07) is 0. The normalized spacial score (nSPS) is 24.8. The van der Waals surface area contributed by atoms with Gasteiger partial charge in [-0.25, -0.2) is 0 Å². The van der Waals surface area contributed by atoms with E-state index in [1.165, 1.54) is 25.9 Å². The van der Waals surface area contributed by atoms with E-state index in [4.69, 9.17) is 15.2 Å². The van der Waals surface area contributed by atoms with Crippen LogP contribution in [0, 0.1) is 0 Å². The Morgan fingerprint density at radius 1 is 1.39 bits per heavy atom. The summed E-state index contributed by atoms with van der Waals surface area (Å²) in [6.45, 7) is 4.38. The molecule has 0 amide bonds. The number of ether oxygens (including phenoxy) is 2. The standard InChI is InChI=1S/C14H24N2O2/c1-17-13-6-5-12(15)11-14(13)18-10-4-9-16-7-2-3-8-16/h5,11,13H,2-4,6-10,15H2,1H3. The highest BCUT2D eigenvalue weighted by molar-refractivity contribution is 5.25. The molecule has 1 fully saturated rings. The topological polar surface area (TPSA) is 47.7 Å². The van der Waals surface area contributed by atoms with Crippen LogP contribution in [0.25, 0.3) is 0 Å². The molecule has 0 radical (unpaired) electrons. The van der Waals surface area contributed by atoms with Gasteiger partial charge in [-0.1, -0.05) is 6.08 Å². The minimum absolute atomic E-state index is 0.0316. The van der Waals surface area contributed by atoms with E-state index in [1.54, 1.807) is 7.11 Å². The number of methoxy groups -OCH3 is 1. The van der Waals surface area contributed by atoms with E-state index < -0.39 is 0 Å². The Morgan fingerprint density at radius 3 is 2.89 bits per heavy atom. The van der Waals surface area contributed by atoms with Crippen molar-refractivity contribution >= 4 is 0 Å². The molecule has 0 aromatic carbocycles. The van der Waals surface area contributed by atoms with Crippen LogP contribution in [0.1, 0.15) is 25.7 Å². The number of allylic oxidation sites excluding steroid dienone is 1. The highest BCUT2D eigenvalue weighted by Gasteiger charge is 2.18. The first-order valence-electron chi connectivity index (χ1n) is 6.85. The van der Waals surface area contributed by atoms with E-state index in [2.05, 4.69) is 4.90 Å². The van der Waals surface area contributed by atoms with Crippen LogP contribution in [0.5, 0.6) is 0 Å². The van der Waals surface area contributed by atoms with Crippen LogP contribution in [0.15, 0.2) is 23.6 Å². The van der Waals surface area contributed by atoms with E-state index in [0.717, 1.165) is 37.4 Å². The number of rotatable bonds is 6. The van der Waals surface area contributed by atoms with Gasteiger partial charge in [0.25, 0.3) is 0 Å². The summed E-state index contributed by atoms with van der Waals surface area (Å²) in [5.41, 5.74) is 6.56. The van der Waals surface area contributed by atoms with Crippen molar-refractivity contribution in [3.63, 3.8) is 0 Å². The van der Waals surface area contributed by atoms with E-state index in [0.29, 0.717) is 0 Å². The molecule has 2 aliphatic rings. The fourth-order valence-corrected chi connectivity index (χ4v) is 2.51. The fourth-order valence-electron chi connectivity index (χ4n) is 2.51. The molecular formula is C14H24N2O2. The lowest BCUT2D eigenvalue weighted by Gasteiger charge is -2.22. The third kappa shape index (κ3) is 3.75. The number of hydrogen-bond acceptors (Lipinski definition) is 4. The van der Waals surface area contributed by atoms with Crippen LogP contribution in [0.2, 0.25) is 0 Å². The highest BCUT2D eigenvalue weighted by atomic mass is 16.5. The number of likely N-dealkylation sites (tertiary alicyclic amines) is 1. The van der Waals surface area contributed by atoms with Gasteiger partial charge in [0, 0.05) is 31.8 Å². The number of hydrogen-bond donors (Lipinski definition) is 1. The first-order chi connectivity index (χ1) is 8.79. The molecule has 102 valence electrons. The zero-order chi connectivity index (χ0) is 12.8. The SMILES string of the molecule is COC1CC=C(N)C=C1OCCCN1CCCC1. The first-order valence-corrected chi connectivity index (χ1v) is 6.85. The Labute approximate surface area is 109 Å². The lowest BCUT2D eigenvalue weighted by Crippen LogP contribution is -2.23. The summed E-state index contributed by atoms with van der Waals surface area (Å²) in [6.07, 6.45) is 8.46. The average molecular weight is 252 g/mol. The van der Waals surface area contributed by atoms with Crippen molar-refractivity contribution in [3.05, 3.63) is 23.6 Å². The summed E-state index contributed by atoms with van der Waals surface area (Å²) >= 11 is 0. The summed E-state index contributed by atoms with van der Waals surface area (Å²) < 4.78 is 11.2. The summed E-state index contributed by atoms with van der Waals surface area (Å²) in [7, 11) is 1.71. The zero-order valence-corrected chi connectivity index (χ0v) is 11.2. The highest BCUT2D eigenvalue weighted by Crippen LogP contribution is 2.19. The molecule has 1 aliphatic carbocycles. The largest absolute Gasteiger partial charge is 0.495 e. The van der Waals surface area contributed by atoms with E-state index in [1.807, 2.05) is 12.2 Å². The van der Waals surface area contributed by atoms with E-state index in [9.17, 15) is 0 Å². The van der Waals surface area contributed by atoms with Gasteiger partial charge in [-0.15, -0.1) is 0 Å². The second-order valence-electron chi connectivity index (χ2n) is 4.96. The summed E-state index contributed by atoms with van der Waals surface area (Å²) in [4.78, 5) is 2.50. The van der Waals surface area contributed by atoms with Gasteiger partial charge in [0.2, 0.25) is 0 Å². The van der Waals surface area contributed by atoms with Crippen molar-refractivity contribution in [1.82, 2.24) is 4.90 Å². The van der Waals surface area contributed by atoms with Gasteiger partial charge < -0.3 is 20.1 Å². The van der Waals surface area contributed by atoms with Crippen molar-refractivity contribution in [2.45, 2.75) is 31.8 Å². The van der Waals surface area contributed by atoms with Crippen LogP contribution < -0.4 is 5.73 Å². The average Bonchev–Trinajstić information content (AvgIpc) is 2.88. The fraction of sp³-hybridized carbons (Fsp3) is 0.714. The quantitative estimate of drug-likeness (QED) is 0.730. The Bertz CT molecular complexity index is 320. The molecule has 0 spiro atoms. The molecular weight excluding hydrogens is 228 g/mol. The molecule has 1 atom stereocenters. The van der Waals surface area contributed by atoms with Gasteiger partial charge in [-0.3, -0.25) is 0 Å². The third-order valence-electron chi connectivity index (χ3n) is 3.56. The lowest BCUT2D eigenvalue weighted by atomic mass is 10.1. The van der Waals surface area contributed by atoms with E-state index >= 15 is 0 Å². The van der Waals surface area contributed by atoms with Gasteiger partial charge in [-0.2, -0.15) is 0 Å². The summed E-state index contributed by atoms with van der Waals surface area (Å²) in [5, 5.41) is 0. The van der Waals surface area contributed by atoms with Gasteiger partial charge in [0.15, 0.2) is 0 Å². The van der Waals surface area contributed by atoms with Crippen LogP contribution in [-0.4, -0.2) is 44.4 Å². The molecule has 2 N–H and O–H groups in total. The Kier molecular flexibility index (Phi) is 5.08. The minimum atomic E-state index is 0.0316. The zero-order valence-electron chi connectivity index (χ0n) is 11.2. The number of nitrogens with zero attached hydrogens (tertiary/aromatic N) is 1. The Morgan fingerprint density at radius 2 is 2.17 bits per heavy atom. The molecule has 1 saturated heterocycles. The first kappa shape index (κ1) is 13.4. The smallest absolute Gasteiger partial charge is 0.127 e. The maximum atomic E-state index is 5.81. The maximum absolute atomic E-state index is 5.81. The van der Waals surface area contributed by atoms with Crippen molar-refractivity contribution in [3.8, 4) is 0 Å². The van der Waals surface area contributed by atoms with Crippen LogP contribution in [-0.2, 0) is 9.47 Å². The Balaban J connectivity index is 1.69. The molecule has 1 heterocycles. The lowest BCUT2D eigenvalue weighted by molar-refractivity contribution is 0.0604. The minimum Gasteiger partial charge on any atom is -0.495 e. The molecule has 1 unspecified atom stereocenters. The van der Waals surface area contributed by atoms with Crippen molar-refractivity contribution in [1.29, 1.82) is 0 Å². The molecule has 0 aromatic rings. The van der Waals surface area contributed by atoms with Crippen molar-refractivity contribution < 1.29 is 9.47 Å². The molecule has 0 bridgehead atoms. The Hall–Kier alpha value is -1.00. The van der Waals surface area contributed by atoms with Crippen molar-refractivity contribution in [2.75, 3.05) is 33.4 Å². The van der Waals surface area contributed by atoms with Gasteiger partial charge in [-0.05, 0) is 32.4 Å². The number of nitrogens with two attached hydrogens (primary N) is 1. The third-order valence-corrected chi connectivity index (χ3v) is 3.56. The molecule has 4 nitrogen and oxygen atoms in total. The van der Waals surface area contributed by atoms with Gasteiger partial charge >= 0.3 is 0 Å². The van der Waals surface area contributed by atoms with Crippen molar-refractivity contribution in [2.24, 2.45) is 5.73 Å². The van der Waals surface area contributed by atoms with Gasteiger partial charge in [0.05, 0.1) is 6.61 Å². The molecule has 0 aromatic heterocycles. The molecule has 2 rings (SSSR count). The van der Waals surface area contributed by atoms with E-state index in [-0.39, 0.29) is 6.10 Å². The molecule has 4 heteroatoms. The van der Waals surface area contributed by atoms with Crippen LogP contribution in [0.4, 0.5) is 0 Å². The second kappa shape index (κ2) is 6.81. The van der Waals surface area contributed by atoms with Crippen LogP contribution >= 0.6 is 0 Å². The molecule has 0 saturated carbocycles. The molecule has 1 aliphatic heterocycles. The molecule has 18 heavy (non-hydrogen) atoms. The second-order valence-corrected chi connectivity index (χ2v) is 4.96. The predicted octanol–water partition coefficient (Wildman–Crippen LogP) is 1.63.